The summed E-state index contributed by atoms with van der Waals surface area (Å²) in [6.07, 6.45) is 0. The first-order chi connectivity index (χ1) is 3.42. The summed E-state index contributed by atoms with van der Waals surface area (Å²) in [7, 11) is -5.07. The van der Waals surface area contributed by atoms with Crippen molar-refractivity contribution in [2.24, 2.45) is 0 Å². The molecule has 0 unspecified atom stereocenters. The quantitative estimate of drug-likeness (QED) is 0.476. The summed E-state index contributed by atoms with van der Waals surface area (Å²) in [5.74, 6) is -1.19. The van der Waals surface area contributed by atoms with Crippen LogP contribution in [0.5, 0.6) is 0 Å². The largest absolute Gasteiger partial charge is 0.491 e. The van der Waals surface area contributed by atoms with Crippen LogP contribution in [0, 0.1) is 0 Å². The van der Waals surface area contributed by atoms with E-state index in [0.717, 1.165) is 6.92 Å². The number of carbonyl (C=O) groups is 1. The van der Waals surface area contributed by atoms with Crippen LogP contribution in [0.25, 0.3) is 0 Å². The van der Waals surface area contributed by atoms with E-state index in [1.54, 1.807) is 0 Å². The molecule has 0 aliphatic heterocycles. The van der Waals surface area contributed by atoms with Gasteiger partial charge in [0, 0.05) is 29.3 Å². The van der Waals surface area contributed by atoms with Crippen LogP contribution in [0.3, 0.4) is 0 Å². The van der Waals surface area contributed by atoms with Crippen molar-refractivity contribution in [3.05, 3.63) is 0 Å². The Morgan fingerprint density at radius 2 is 1.89 bits per heavy atom. The molecule has 7 heteroatoms. The van der Waals surface area contributed by atoms with Crippen LogP contribution >= 0.6 is 0 Å². The van der Waals surface area contributed by atoms with Gasteiger partial charge < -0.3 is 4.18 Å². The third-order valence-electron chi connectivity index (χ3n) is 0.217. The molecule has 0 saturated heterocycles. The maximum Gasteiger partial charge on any atom is 0.491 e. The second-order valence-electron chi connectivity index (χ2n) is 0.968. The average Bonchev–Trinajstić information content (AvgIpc) is 1.21. The Kier molecular flexibility index (Phi) is 5.25. The molecule has 0 fully saturated rings. The van der Waals surface area contributed by atoms with Gasteiger partial charge in [-0.1, -0.05) is 3.89 Å². The Balaban J connectivity index is 0. The van der Waals surface area contributed by atoms with Gasteiger partial charge >= 0.3 is 16.5 Å². The summed E-state index contributed by atoms with van der Waals surface area (Å²) in [5, 5.41) is 0. The second-order valence-corrected chi connectivity index (χ2v) is 1.92. The molecule has 0 atom stereocenters. The van der Waals surface area contributed by atoms with Gasteiger partial charge in [0.05, 0.1) is 0 Å². The zero-order chi connectivity index (χ0) is 6.78. The molecule has 0 bridgehead atoms. The molecule has 0 spiro atoms. The molecule has 0 aromatic heterocycles. The number of halogens is 1. The second kappa shape index (κ2) is 3.99. The van der Waals surface area contributed by atoms with Crippen molar-refractivity contribution in [2.45, 2.75) is 6.92 Å². The SMILES string of the molecule is CC(=O)OS(=O)(=O)F.[Ag]. The van der Waals surface area contributed by atoms with Crippen LogP contribution in [0.2, 0.25) is 0 Å². The van der Waals surface area contributed by atoms with E-state index in [1.807, 2.05) is 0 Å². The molecule has 0 aliphatic carbocycles. The number of hydrogen-bond acceptors (Lipinski definition) is 4. The summed E-state index contributed by atoms with van der Waals surface area (Å²) < 4.78 is 32.9. The van der Waals surface area contributed by atoms with Gasteiger partial charge in [-0.3, -0.25) is 4.79 Å². The van der Waals surface area contributed by atoms with Crippen molar-refractivity contribution in [3.63, 3.8) is 0 Å². The number of hydrogen-bond donors (Lipinski definition) is 0. The molecule has 0 amide bonds. The van der Waals surface area contributed by atoms with E-state index in [0.29, 0.717) is 0 Å². The minimum Gasteiger partial charge on any atom is -0.322 e. The first-order valence-corrected chi connectivity index (χ1v) is 2.87. The maximum atomic E-state index is 11.2. The minimum absolute atomic E-state index is 0. The molecule has 0 saturated carbocycles. The predicted molar refractivity (Wildman–Crippen MR) is 21.8 cm³/mol. The van der Waals surface area contributed by atoms with E-state index in [4.69, 9.17) is 0 Å². The Labute approximate surface area is 67.3 Å². The molecule has 0 rings (SSSR count). The Morgan fingerprint density at radius 3 is 1.89 bits per heavy atom. The maximum absolute atomic E-state index is 11.2. The van der Waals surface area contributed by atoms with E-state index < -0.39 is 16.5 Å². The monoisotopic (exact) mass is 249 g/mol. The molecule has 0 heterocycles. The fraction of sp³-hybridized carbons (Fsp3) is 0.500. The van der Waals surface area contributed by atoms with Crippen molar-refractivity contribution < 1.29 is 43.7 Å². The molecule has 1 radical (unpaired) electrons. The molecule has 59 valence electrons. The zero-order valence-corrected chi connectivity index (χ0v) is 6.52. The third kappa shape index (κ3) is 11.6. The zero-order valence-electron chi connectivity index (χ0n) is 4.22. The van der Waals surface area contributed by atoms with Gasteiger partial charge in [-0.2, -0.15) is 8.42 Å². The molecule has 0 aromatic rings. The van der Waals surface area contributed by atoms with Crippen LogP contribution < -0.4 is 0 Å². The van der Waals surface area contributed by atoms with Crippen LogP contribution in [0.1, 0.15) is 6.92 Å². The molecule has 9 heavy (non-hydrogen) atoms. The minimum atomic E-state index is -5.07. The standard InChI is InChI=1S/C2H3FO4S.Ag/c1-2(4)7-8(3,5)6;/h1H3;. The summed E-state index contributed by atoms with van der Waals surface area (Å²) in [4.78, 5) is 9.62. The fourth-order valence-electron chi connectivity index (χ4n) is 0.140. The van der Waals surface area contributed by atoms with Crippen LogP contribution in [-0.4, -0.2) is 14.4 Å². The van der Waals surface area contributed by atoms with Gasteiger partial charge in [-0.25, -0.2) is 0 Å². The average molecular weight is 250 g/mol. The van der Waals surface area contributed by atoms with E-state index in [2.05, 4.69) is 4.18 Å². The summed E-state index contributed by atoms with van der Waals surface area (Å²) in [6, 6.07) is 0. The molecule has 0 N–H and O–H groups in total. The van der Waals surface area contributed by atoms with Crippen molar-refractivity contribution in [1.29, 1.82) is 0 Å². The summed E-state index contributed by atoms with van der Waals surface area (Å²) >= 11 is 0. The number of carbonyl (C=O) groups excluding carboxylic acids is 1. The summed E-state index contributed by atoms with van der Waals surface area (Å²) in [6.45, 7) is 0.789. The van der Waals surface area contributed by atoms with Crippen LogP contribution in [0.4, 0.5) is 3.89 Å². The van der Waals surface area contributed by atoms with Gasteiger partial charge in [0.25, 0.3) is 0 Å². The molecule has 0 aromatic carbocycles. The number of rotatable bonds is 1. The normalized spacial score (nSPS) is 9.56. The van der Waals surface area contributed by atoms with Crippen LogP contribution in [-0.2, 0) is 41.9 Å². The first kappa shape index (κ1) is 11.8. The van der Waals surface area contributed by atoms with E-state index in [9.17, 15) is 17.1 Å². The van der Waals surface area contributed by atoms with Crippen molar-refractivity contribution in [1.82, 2.24) is 0 Å². The van der Waals surface area contributed by atoms with E-state index in [-0.39, 0.29) is 22.4 Å². The van der Waals surface area contributed by atoms with Gasteiger partial charge in [-0.15, -0.1) is 0 Å². The predicted octanol–water partition coefficient (Wildman–Crippen LogP) is -0.239. The topological polar surface area (TPSA) is 60.4 Å². The van der Waals surface area contributed by atoms with Gasteiger partial charge in [0.15, 0.2) is 0 Å². The first-order valence-electron chi connectivity index (χ1n) is 1.56. The molecular weight excluding hydrogens is 247 g/mol. The molecule has 0 aliphatic rings. The van der Waals surface area contributed by atoms with Crippen LogP contribution in [0.15, 0.2) is 0 Å². The molecular formula is C2H3AgFO4S. The summed E-state index contributed by atoms with van der Waals surface area (Å²) in [5.41, 5.74) is 0. The van der Waals surface area contributed by atoms with Gasteiger partial charge in [0.1, 0.15) is 0 Å². The van der Waals surface area contributed by atoms with Gasteiger partial charge in [-0.05, 0) is 0 Å². The van der Waals surface area contributed by atoms with E-state index in [1.165, 1.54) is 0 Å². The Morgan fingerprint density at radius 1 is 1.56 bits per heavy atom. The Bertz CT molecular complexity index is 185. The van der Waals surface area contributed by atoms with Gasteiger partial charge in [0.2, 0.25) is 0 Å². The molecule has 4 nitrogen and oxygen atoms in total. The van der Waals surface area contributed by atoms with Crippen molar-refractivity contribution >= 4 is 16.5 Å². The Hall–Kier alpha value is 0.0903. The van der Waals surface area contributed by atoms with Crippen molar-refractivity contribution in [3.8, 4) is 0 Å². The van der Waals surface area contributed by atoms with Crippen molar-refractivity contribution in [2.75, 3.05) is 0 Å². The fourth-order valence-corrected chi connectivity index (χ4v) is 0.421. The smallest absolute Gasteiger partial charge is 0.322 e. The van der Waals surface area contributed by atoms with E-state index >= 15 is 0 Å². The third-order valence-corrected chi connectivity index (χ3v) is 0.651.